The maximum absolute atomic E-state index is 12.6. The number of benzene rings is 1. The smallest absolute Gasteiger partial charge is 0.243 e. The zero-order valence-electron chi connectivity index (χ0n) is 11.5. The van der Waals surface area contributed by atoms with E-state index in [2.05, 4.69) is 0 Å². The van der Waals surface area contributed by atoms with Gasteiger partial charge in [-0.25, -0.2) is 8.42 Å². The number of thioether (sulfide) groups is 1. The standard InChI is InChI=1S/C13H18N2O2S3/c1-9-7-11(3-4-12(9)13(14)18)20(16,17)15(2)10-5-6-19-8-10/h3-4,7,10H,5-6,8H2,1-2H3,(H2,14,18). The number of nitrogens with zero attached hydrogens (tertiary/aromatic N) is 1. The van der Waals surface area contributed by atoms with Crippen LogP contribution in [0.3, 0.4) is 0 Å². The quantitative estimate of drug-likeness (QED) is 0.852. The van der Waals surface area contributed by atoms with E-state index in [9.17, 15) is 8.42 Å². The maximum atomic E-state index is 12.6. The van der Waals surface area contributed by atoms with E-state index in [1.54, 1.807) is 37.0 Å². The molecule has 110 valence electrons. The predicted molar refractivity (Wildman–Crippen MR) is 87.7 cm³/mol. The van der Waals surface area contributed by atoms with E-state index in [0.29, 0.717) is 4.90 Å². The summed E-state index contributed by atoms with van der Waals surface area (Å²) in [6.45, 7) is 1.82. The van der Waals surface area contributed by atoms with E-state index >= 15 is 0 Å². The Bertz CT molecular complexity index is 623. The van der Waals surface area contributed by atoms with Crippen LogP contribution in [0.5, 0.6) is 0 Å². The molecule has 0 aliphatic carbocycles. The zero-order valence-corrected chi connectivity index (χ0v) is 13.9. The van der Waals surface area contributed by atoms with Crippen molar-refractivity contribution < 1.29 is 8.42 Å². The van der Waals surface area contributed by atoms with Crippen molar-refractivity contribution in [1.82, 2.24) is 4.31 Å². The van der Waals surface area contributed by atoms with Gasteiger partial charge < -0.3 is 5.73 Å². The topological polar surface area (TPSA) is 63.4 Å². The van der Waals surface area contributed by atoms with Gasteiger partial charge in [-0.05, 0) is 36.8 Å². The lowest BCUT2D eigenvalue weighted by atomic mass is 10.1. The lowest BCUT2D eigenvalue weighted by Crippen LogP contribution is -2.37. The first kappa shape index (κ1) is 15.8. The van der Waals surface area contributed by atoms with Gasteiger partial charge in [0.25, 0.3) is 0 Å². The van der Waals surface area contributed by atoms with Crippen molar-refractivity contribution in [1.29, 1.82) is 0 Å². The minimum atomic E-state index is -3.45. The largest absolute Gasteiger partial charge is 0.389 e. The Morgan fingerprint density at radius 3 is 2.70 bits per heavy atom. The Labute approximate surface area is 129 Å². The van der Waals surface area contributed by atoms with Crippen molar-refractivity contribution in [2.75, 3.05) is 18.6 Å². The van der Waals surface area contributed by atoms with Crippen LogP contribution in [-0.4, -0.2) is 42.3 Å². The summed E-state index contributed by atoms with van der Waals surface area (Å²) in [5, 5.41) is 0. The molecule has 1 fully saturated rings. The van der Waals surface area contributed by atoms with Crippen molar-refractivity contribution in [3.05, 3.63) is 29.3 Å². The molecule has 1 heterocycles. The molecule has 4 nitrogen and oxygen atoms in total. The molecule has 1 aromatic rings. The molecule has 20 heavy (non-hydrogen) atoms. The molecule has 0 spiro atoms. The summed E-state index contributed by atoms with van der Waals surface area (Å²) in [5.41, 5.74) is 7.11. The second-order valence-corrected chi connectivity index (χ2v) is 8.47. The van der Waals surface area contributed by atoms with Crippen molar-refractivity contribution in [2.45, 2.75) is 24.3 Å². The van der Waals surface area contributed by atoms with Crippen molar-refractivity contribution >= 4 is 39.0 Å². The Morgan fingerprint density at radius 2 is 2.20 bits per heavy atom. The highest BCUT2D eigenvalue weighted by Crippen LogP contribution is 2.27. The third-order valence-corrected chi connectivity index (χ3v) is 6.83. The Morgan fingerprint density at radius 1 is 1.50 bits per heavy atom. The van der Waals surface area contributed by atoms with Crippen molar-refractivity contribution in [2.24, 2.45) is 5.73 Å². The molecule has 7 heteroatoms. The number of hydrogen-bond acceptors (Lipinski definition) is 4. The van der Waals surface area contributed by atoms with Crippen LogP contribution in [0.1, 0.15) is 17.5 Å². The van der Waals surface area contributed by atoms with Crippen LogP contribution in [0.2, 0.25) is 0 Å². The second kappa shape index (κ2) is 6.01. The summed E-state index contributed by atoms with van der Waals surface area (Å²) < 4.78 is 26.7. The van der Waals surface area contributed by atoms with Gasteiger partial charge in [0.2, 0.25) is 10.0 Å². The number of hydrogen-bond donors (Lipinski definition) is 1. The molecule has 1 aromatic carbocycles. The first-order valence-electron chi connectivity index (χ1n) is 6.30. The normalized spacial score (nSPS) is 19.4. The minimum absolute atomic E-state index is 0.0839. The number of nitrogens with two attached hydrogens (primary N) is 1. The number of thiocarbonyl (C=S) groups is 1. The van der Waals surface area contributed by atoms with Crippen LogP contribution >= 0.6 is 24.0 Å². The summed E-state index contributed by atoms with van der Waals surface area (Å²) >= 11 is 6.73. The summed E-state index contributed by atoms with van der Waals surface area (Å²) in [7, 11) is -1.80. The minimum Gasteiger partial charge on any atom is -0.389 e. The summed E-state index contributed by atoms with van der Waals surface area (Å²) in [6.07, 6.45) is 0.907. The van der Waals surface area contributed by atoms with E-state index in [4.69, 9.17) is 18.0 Å². The molecule has 2 rings (SSSR count). The van der Waals surface area contributed by atoms with E-state index in [0.717, 1.165) is 29.1 Å². The molecular weight excluding hydrogens is 312 g/mol. The Kier molecular flexibility index (Phi) is 4.73. The molecule has 0 radical (unpaired) electrons. The molecule has 0 bridgehead atoms. The molecule has 0 aromatic heterocycles. The third kappa shape index (κ3) is 3.00. The predicted octanol–water partition coefficient (Wildman–Crippen LogP) is 1.76. The van der Waals surface area contributed by atoms with E-state index in [1.807, 2.05) is 6.92 Å². The average Bonchev–Trinajstić information content (AvgIpc) is 2.90. The van der Waals surface area contributed by atoms with Gasteiger partial charge in [0.15, 0.2) is 0 Å². The first-order chi connectivity index (χ1) is 9.34. The van der Waals surface area contributed by atoms with Crippen LogP contribution in [0.25, 0.3) is 0 Å². The molecule has 1 unspecified atom stereocenters. The summed E-state index contributed by atoms with van der Waals surface area (Å²) in [5.74, 6) is 1.88. The van der Waals surface area contributed by atoms with Crippen LogP contribution < -0.4 is 5.73 Å². The lowest BCUT2D eigenvalue weighted by molar-refractivity contribution is 0.394. The fourth-order valence-corrected chi connectivity index (χ4v) is 5.31. The first-order valence-corrected chi connectivity index (χ1v) is 9.30. The fraction of sp³-hybridized carbons (Fsp3) is 0.462. The highest BCUT2D eigenvalue weighted by Gasteiger charge is 2.30. The molecule has 0 saturated carbocycles. The van der Waals surface area contributed by atoms with Gasteiger partial charge in [0.05, 0.1) is 4.90 Å². The van der Waals surface area contributed by atoms with Gasteiger partial charge in [0, 0.05) is 24.4 Å². The summed E-state index contributed by atoms with van der Waals surface area (Å²) in [6, 6.07) is 4.99. The summed E-state index contributed by atoms with van der Waals surface area (Å²) in [4.78, 5) is 0.585. The Hall–Kier alpha value is -0.630. The highest BCUT2D eigenvalue weighted by molar-refractivity contribution is 7.99. The van der Waals surface area contributed by atoms with E-state index in [-0.39, 0.29) is 11.0 Å². The van der Waals surface area contributed by atoms with Crippen LogP contribution in [0, 0.1) is 6.92 Å². The number of sulfonamides is 1. The van der Waals surface area contributed by atoms with Gasteiger partial charge in [-0.2, -0.15) is 16.1 Å². The molecule has 1 aliphatic rings. The zero-order chi connectivity index (χ0) is 14.9. The van der Waals surface area contributed by atoms with Crippen molar-refractivity contribution in [3.8, 4) is 0 Å². The monoisotopic (exact) mass is 330 g/mol. The maximum Gasteiger partial charge on any atom is 0.243 e. The van der Waals surface area contributed by atoms with Gasteiger partial charge in [-0.1, -0.05) is 18.3 Å². The van der Waals surface area contributed by atoms with Gasteiger partial charge in [-0.3, -0.25) is 0 Å². The van der Waals surface area contributed by atoms with Crippen LogP contribution in [0.4, 0.5) is 0 Å². The Balaban J connectivity index is 2.34. The van der Waals surface area contributed by atoms with Gasteiger partial charge in [0.1, 0.15) is 4.99 Å². The highest BCUT2D eigenvalue weighted by atomic mass is 32.2. The molecule has 2 N–H and O–H groups in total. The lowest BCUT2D eigenvalue weighted by Gasteiger charge is -2.23. The fourth-order valence-electron chi connectivity index (χ4n) is 2.24. The number of aryl methyl sites for hydroxylation is 1. The van der Waals surface area contributed by atoms with Crippen LogP contribution in [-0.2, 0) is 10.0 Å². The van der Waals surface area contributed by atoms with Gasteiger partial charge >= 0.3 is 0 Å². The third-order valence-electron chi connectivity index (χ3n) is 3.56. The van der Waals surface area contributed by atoms with Gasteiger partial charge in [-0.15, -0.1) is 0 Å². The molecule has 1 saturated heterocycles. The van der Waals surface area contributed by atoms with E-state index in [1.165, 1.54) is 4.31 Å². The average molecular weight is 331 g/mol. The van der Waals surface area contributed by atoms with E-state index < -0.39 is 10.0 Å². The molecule has 1 aliphatic heterocycles. The number of rotatable bonds is 4. The molecular formula is C13H18N2O2S3. The SMILES string of the molecule is Cc1cc(S(=O)(=O)N(C)C2CCSC2)ccc1C(N)=S. The van der Waals surface area contributed by atoms with Crippen molar-refractivity contribution in [3.63, 3.8) is 0 Å². The molecule has 0 amide bonds. The van der Waals surface area contributed by atoms with Crippen LogP contribution in [0.15, 0.2) is 23.1 Å². The second-order valence-electron chi connectivity index (χ2n) is 4.88. The molecule has 1 atom stereocenters.